The number of fused-ring (bicyclic) bond motifs is 12. The third-order valence-corrected chi connectivity index (χ3v) is 11.8. The Morgan fingerprint density at radius 1 is 0.241 bits per heavy atom. The number of hydrogen-bond acceptors (Lipinski definition) is 3. The second-order valence-corrected chi connectivity index (χ2v) is 15.1. The number of rotatable bonds is 4. The molecule has 12 rings (SSSR count). The molecule has 12 aromatic rings. The molecule has 0 atom stereocenters. The fourth-order valence-electron chi connectivity index (χ4n) is 9.08. The summed E-state index contributed by atoms with van der Waals surface area (Å²) >= 11 is 0. The van der Waals surface area contributed by atoms with Crippen LogP contribution in [0.3, 0.4) is 0 Å². The zero-order valence-electron chi connectivity index (χ0n) is 31.4. The van der Waals surface area contributed by atoms with Crippen LogP contribution >= 0.6 is 0 Å². The molecule has 58 heavy (non-hydrogen) atoms. The maximum atomic E-state index is 5.50. The van der Waals surface area contributed by atoms with Crippen molar-refractivity contribution in [2.45, 2.75) is 0 Å². The van der Waals surface area contributed by atoms with Gasteiger partial charge in [-0.3, -0.25) is 0 Å². The molecule has 0 aliphatic heterocycles. The highest BCUT2D eigenvalue weighted by atomic mass is 14.8. The smallest absolute Gasteiger partial charge is 0.0972 e. The van der Waals surface area contributed by atoms with Gasteiger partial charge in [-0.2, -0.15) is 0 Å². The molecular weight excluding hydrogens is 703 g/mol. The van der Waals surface area contributed by atoms with Crippen molar-refractivity contribution in [3.05, 3.63) is 200 Å². The Balaban J connectivity index is 0.979. The minimum Gasteiger partial charge on any atom is -0.246 e. The normalized spacial score (nSPS) is 11.8. The molecule has 0 spiro atoms. The molecule has 0 aliphatic carbocycles. The van der Waals surface area contributed by atoms with Crippen LogP contribution in [0, 0.1) is 0 Å². The molecule has 0 aliphatic rings. The van der Waals surface area contributed by atoms with E-state index in [4.69, 9.17) is 15.0 Å². The Labute approximate surface area is 334 Å². The Morgan fingerprint density at radius 3 is 1.40 bits per heavy atom. The zero-order chi connectivity index (χ0) is 38.2. The van der Waals surface area contributed by atoms with E-state index in [0.717, 1.165) is 77.4 Å². The fraction of sp³-hybridized carbons (Fsp3) is 0. The lowest BCUT2D eigenvalue weighted by Crippen LogP contribution is -1.93. The summed E-state index contributed by atoms with van der Waals surface area (Å²) in [6.07, 6.45) is 0. The van der Waals surface area contributed by atoms with Crippen LogP contribution in [0.1, 0.15) is 0 Å². The largest absolute Gasteiger partial charge is 0.246 e. The van der Waals surface area contributed by atoms with Crippen molar-refractivity contribution in [2.75, 3.05) is 0 Å². The molecule has 0 saturated carbocycles. The van der Waals surface area contributed by atoms with E-state index in [0.29, 0.717) is 0 Å². The molecular formula is C55H33N3. The highest BCUT2D eigenvalue weighted by Crippen LogP contribution is 2.42. The van der Waals surface area contributed by atoms with Crippen LogP contribution in [0.5, 0.6) is 0 Å². The number of nitrogens with zero attached hydrogens (tertiary/aromatic N) is 3. The van der Waals surface area contributed by atoms with Crippen molar-refractivity contribution in [1.82, 2.24) is 15.0 Å². The van der Waals surface area contributed by atoms with Crippen LogP contribution in [-0.2, 0) is 0 Å². The molecule has 0 bridgehead atoms. The van der Waals surface area contributed by atoms with Gasteiger partial charge in [-0.25, -0.2) is 15.0 Å². The van der Waals surface area contributed by atoms with Crippen molar-refractivity contribution in [3.8, 4) is 44.9 Å². The third-order valence-electron chi connectivity index (χ3n) is 11.8. The van der Waals surface area contributed by atoms with Gasteiger partial charge in [0.05, 0.1) is 33.6 Å². The van der Waals surface area contributed by atoms with E-state index in [1.807, 2.05) is 6.07 Å². The monoisotopic (exact) mass is 735 g/mol. The highest BCUT2D eigenvalue weighted by molar-refractivity contribution is 6.31. The summed E-state index contributed by atoms with van der Waals surface area (Å²) in [7, 11) is 0. The van der Waals surface area contributed by atoms with E-state index in [-0.39, 0.29) is 0 Å². The van der Waals surface area contributed by atoms with Gasteiger partial charge >= 0.3 is 0 Å². The summed E-state index contributed by atoms with van der Waals surface area (Å²) in [6.45, 7) is 0. The summed E-state index contributed by atoms with van der Waals surface area (Å²) in [4.78, 5) is 16.0. The Morgan fingerprint density at radius 2 is 0.707 bits per heavy atom. The fourth-order valence-corrected chi connectivity index (χ4v) is 9.08. The second kappa shape index (κ2) is 12.9. The van der Waals surface area contributed by atoms with Crippen LogP contribution in [0.4, 0.5) is 0 Å². The van der Waals surface area contributed by atoms with Crippen molar-refractivity contribution in [2.24, 2.45) is 0 Å². The molecule has 0 radical (unpaired) electrons. The molecule has 268 valence electrons. The summed E-state index contributed by atoms with van der Waals surface area (Å²) in [5.41, 5.74) is 11.4. The lowest BCUT2D eigenvalue weighted by molar-refractivity contribution is 1.37. The van der Waals surface area contributed by atoms with E-state index < -0.39 is 0 Å². The summed E-state index contributed by atoms with van der Waals surface area (Å²) in [5, 5.41) is 13.0. The van der Waals surface area contributed by atoms with E-state index in [2.05, 4.69) is 194 Å². The number of benzene rings is 9. The summed E-state index contributed by atoms with van der Waals surface area (Å²) in [6, 6.07) is 71.4. The maximum Gasteiger partial charge on any atom is 0.0972 e. The SMILES string of the molecule is c1ccc(-c2ccc3ccc4ccc(-c5ccc(-c6ccc(-c7nc8c9ccccc9c9ccccc9c8c8ccccc78)cc6)c6ccccc56)nc4c3n2)cc1. The molecule has 0 unspecified atom stereocenters. The molecule has 3 aromatic heterocycles. The van der Waals surface area contributed by atoms with Gasteiger partial charge in [0.25, 0.3) is 0 Å². The highest BCUT2D eigenvalue weighted by Gasteiger charge is 2.17. The van der Waals surface area contributed by atoms with Gasteiger partial charge in [-0.05, 0) is 55.6 Å². The average molecular weight is 736 g/mol. The molecule has 9 aromatic carbocycles. The van der Waals surface area contributed by atoms with Crippen LogP contribution < -0.4 is 0 Å². The predicted octanol–water partition coefficient (Wildman–Crippen LogP) is 14.6. The molecule has 0 amide bonds. The minimum atomic E-state index is 0.910. The van der Waals surface area contributed by atoms with Crippen molar-refractivity contribution in [3.63, 3.8) is 0 Å². The molecule has 3 heteroatoms. The Bertz CT molecular complexity index is 3610. The standard InChI is InChI=1S/C55H33N3/c1-2-12-35(13-3-1)49-32-28-37-26-27-38-29-33-50(57-54(38)53(37)56-49)44-31-30-39(40-14-4-5-15-41(40)44)34-22-24-36(25-23-34)52-48-21-11-9-19-46(48)51-45-18-8-6-16-42(45)43-17-7-10-20-47(43)55(51)58-52/h1-33H. The van der Waals surface area contributed by atoms with Crippen molar-refractivity contribution >= 4 is 75.8 Å². The molecule has 3 heterocycles. The second-order valence-electron chi connectivity index (χ2n) is 15.1. The first-order chi connectivity index (χ1) is 28.8. The number of pyridine rings is 3. The average Bonchev–Trinajstić information content (AvgIpc) is 3.31. The molecule has 3 nitrogen and oxygen atoms in total. The van der Waals surface area contributed by atoms with Gasteiger partial charge in [-0.15, -0.1) is 0 Å². The Kier molecular flexibility index (Phi) is 7.23. The molecule has 0 N–H and O–H groups in total. The zero-order valence-corrected chi connectivity index (χ0v) is 31.4. The van der Waals surface area contributed by atoms with Crippen LogP contribution in [0.25, 0.3) is 121 Å². The number of aromatic nitrogens is 3. The lowest BCUT2D eigenvalue weighted by atomic mass is 9.91. The predicted molar refractivity (Wildman–Crippen MR) is 244 cm³/mol. The van der Waals surface area contributed by atoms with Crippen molar-refractivity contribution < 1.29 is 0 Å². The maximum absolute atomic E-state index is 5.50. The third kappa shape index (κ3) is 5.04. The van der Waals surface area contributed by atoms with Gasteiger partial charge in [0.1, 0.15) is 0 Å². The quantitative estimate of drug-likeness (QED) is 0.169. The summed E-state index contributed by atoms with van der Waals surface area (Å²) < 4.78 is 0. The van der Waals surface area contributed by atoms with Gasteiger partial charge in [-0.1, -0.05) is 188 Å². The first kappa shape index (κ1) is 32.5. The first-order valence-electron chi connectivity index (χ1n) is 19.8. The van der Waals surface area contributed by atoms with E-state index in [1.165, 1.54) is 43.3 Å². The van der Waals surface area contributed by atoms with Gasteiger partial charge in [0, 0.05) is 43.6 Å². The number of hydrogen-bond donors (Lipinski definition) is 0. The van der Waals surface area contributed by atoms with E-state index in [9.17, 15) is 0 Å². The lowest BCUT2D eigenvalue weighted by Gasteiger charge is -2.16. The molecule has 0 fully saturated rings. The van der Waals surface area contributed by atoms with Crippen LogP contribution in [-0.4, -0.2) is 15.0 Å². The Hall–Kier alpha value is -7.75. The minimum absolute atomic E-state index is 0.910. The van der Waals surface area contributed by atoms with Gasteiger partial charge in [0.15, 0.2) is 0 Å². The van der Waals surface area contributed by atoms with E-state index >= 15 is 0 Å². The molecule has 0 saturated heterocycles. The van der Waals surface area contributed by atoms with E-state index in [1.54, 1.807) is 0 Å². The topological polar surface area (TPSA) is 38.7 Å². The van der Waals surface area contributed by atoms with Gasteiger partial charge < -0.3 is 0 Å². The van der Waals surface area contributed by atoms with Gasteiger partial charge in [0.2, 0.25) is 0 Å². The van der Waals surface area contributed by atoms with Crippen LogP contribution in [0.15, 0.2) is 200 Å². The first-order valence-corrected chi connectivity index (χ1v) is 19.8. The van der Waals surface area contributed by atoms with Crippen molar-refractivity contribution in [1.29, 1.82) is 0 Å². The summed E-state index contributed by atoms with van der Waals surface area (Å²) in [5.74, 6) is 0. The van der Waals surface area contributed by atoms with Crippen LogP contribution in [0.2, 0.25) is 0 Å².